The molecule has 0 unspecified atom stereocenters. The molecular formula is C17H28O4. The molecule has 0 radical (unpaired) electrons. The van der Waals surface area contributed by atoms with Gasteiger partial charge >= 0.3 is 5.97 Å². The lowest BCUT2D eigenvalue weighted by Crippen LogP contribution is -2.13. The second kappa shape index (κ2) is 9.21. The lowest BCUT2D eigenvalue weighted by atomic mass is 9.88. The Morgan fingerprint density at radius 3 is 2.67 bits per heavy atom. The normalized spacial score (nSPS) is 20.0. The van der Waals surface area contributed by atoms with Crippen LogP contribution in [0.25, 0.3) is 0 Å². The fraction of sp³-hybridized carbons (Fsp3) is 0.824. The van der Waals surface area contributed by atoms with Crippen molar-refractivity contribution in [2.75, 3.05) is 19.8 Å². The van der Waals surface area contributed by atoms with Gasteiger partial charge in [-0.15, -0.1) is 0 Å². The molecule has 1 fully saturated rings. The van der Waals surface area contributed by atoms with Crippen LogP contribution in [0.4, 0.5) is 0 Å². The molecule has 0 N–H and O–H groups in total. The molecule has 0 spiro atoms. The predicted molar refractivity (Wildman–Crippen MR) is 80.9 cm³/mol. The SMILES string of the molecule is CCOC(=O)C1=C(CCCCCC2OCCO2)CCCC1. The fourth-order valence-corrected chi connectivity index (χ4v) is 3.11. The summed E-state index contributed by atoms with van der Waals surface area (Å²) >= 11 is 0. The van der Waals surface area contributed by atoms with Crippen LogP contribution in [-0.4, -0.2) is 32.1 Å². The van der Waals surface area contributed by atoms with Crippen molar-refractivity contribution in [3.8, 4) is 0 Å². The summed E-state index contributed by atoms with van der Waals surface area (Å²) in [7, 11) is 0. The fourth-order valence-electron chi connectivity index (χ4n) is 3.11. The van der Waals surface area contributed by atoms with Crippen molar-refractivity contribution in [1.82, 2.24) is 0 Å². The van der Waals surface area contributed by atoms with E-state index < -0.39 is 0 Å². The van der Waals surface area contributed by atoms with Gasteiger partial charge in [-0.2, -0.15) is 0 Å². The van der Waals surface area contributed by atoms with Gasteiger partial charge in [-0.05, 0) is 58.3 Å². The molecule has 2 rings (SSSR count). The predicted octanol–water partition coefficient (Wildman–Crippen LogP) is 3.74. The monoisotopic (exact) mass is 296 g/mol. The van der Waals surface area contributed by atoms with Crippen LogP contribution in [0.15, 0.2) is 11.1 Å². The number of rotatable bonds is 8. The van der Waals surface area contributed by atoms with Crippen molar-refractivity contribution >= 4 is 5.97 Å². The molecular weight excluding hydrogens is 268 g/mol. The van der Waals surface area contributed by atoms with Crippen LogP contribution in [0.5, 0.6) is 0 Å². The first-order valence-corrected chi connectivity index (χ1v) is 8.42. The zero-order valence-corrected chi connectivity index (χ0v) is 13.2. The molecule has 0 saturated carbocycles. The molecule has 0 aromatic heterocycles. The third-order valence-electron chi connectivity index (χ3n) is 4.21. The van der Waals surface area contributed by atoms with E-state index in [0.29, 0.717) is 6.61 Å². The second-order valence-corrected chi connectivity index (χ2v) is 5.78. The summed E-state index contributed by atoms with van der Waals surface area (Å²) in [6.07, 6.45) is 9.80. The summed E-state index contributed by atoms with van der Waals surface area (Å²) in [5, 5.41) is 0. The zero-order valence-electron chi connectivity index (χ0n) is 13.2. The summed E-state index contributed by atoms with van der Waals surface area (Å²) < 4.78 is 16.0. The minimum Gasteiger partial charge on any atom is -0.463 e. The molecule has 1 saturated heterocycles. The standard InChI is InChI=1S/C17H28O4/c1-2-19-17(18)15-10-7-6-9-14(15)8-4-3-5-11-16-20-12-13-21-16/h16H,2-13H2,1H3. The van der Waals surface area contributed by atoms with Crippen LogP contribution in [-0.2, 0) is 19.0 Å². The molecule has 0 bridgehead atoms. The molecule has 21 heavy (non-hydrogen) atoms. The van der Waals surface area contributed by atoms with E-state index in [0.717, 1.165) is 63.7 Å². The number of carbonyl (C=O) groups excluding carboxylic acids is 1. The van der Waals surface area contributed by atoms with Gasteiger partial charge in [0.05, 0.1) is 19.8 Å². The van der Waals surface area contributed by atoms with E-state index in [1.54, 1.807) is 0 Å². The van der Waals surface area contributed by atoms with Gasteiger partial charge in [-0.25, -0.2) is 4.79 Å². The number of hydrogen-bond acceptors (Lipinski definition) is 4. The number of esters is 1. The highest BCUT2D eigenvalue weighted by atomic mass is 16.7. The first-order valence-electron chi connectivity index (χ1n) is 8.42. The quantitative estimate of drug-likeness (QED) is 0.505. The Balaban J connectivity index is 1.69. The smallest absolute Gasteiger partial charge is 0.333 e. The van der Waals surface area contributed by atoms with Crippen molar-refractivity contribution < 1.29 is 19.0 Å². The van der Waals surface area contributed by atoms with Gasteiger partial charge in [0.1, 0.15) is 0 Å². The van der Waals surface area contributed by atoms with Crippen LogP contribution in [0.1, 0.15) is 64.7 Å². The Labute approximate surface area is 127 Å². The molecule has 120 valence electrons. The Morgan fingerprint density at radius 1 is 1.14 bits per heavy atom. The maximum atomic E-state index is 12.0. The molecule has 4 nitrogen and oxygen atoms in total. The van der Waals surface area contributed by atoms with Gasteiger partial charge in [0.15, 0.2) is 6.29 Å². The number of ether oxygens (including phenoxy) is 3. The Morgan fingerprint density at radius 2 is 1.90 bits per heavy atom. The third kappa shape index (κ3) is 5.44. The van der Waals surface area contributed by atoms with Gasteiger partial charge < -0.3 is 14.2 Å². The second-order valence-electron chi connectivity index (χ2n) is 5.78. The summed E-state index contributed by atoms with van der Waals surface area (Å²) in [6, 6.07) is 0. The molecule has 1 aliphatic carbocycles. The van der Waals surface area contributed by atoms with Gasteiger partial charge in [0.25, 0.3) is 0 Å². The van der Waals surface area contributed by atoms with Crippen LogP contribution in [0.3, 0.4) is 0 Å². The van der Waals surface area contributed by atoms with Crippen LogP contribution < -0.4 is 0 Å². The molecule has 1 aliphatic heterocycles. The average molecular weight is 296 g/mol. The lowest BCUT2D eigenvalue weighted by molar-refractivity contribution is -0.138. The summed E-state index contributed by atoms with van der Waals surface area (Å²) in [5.41, 5.74) is 2.30. The summed E-state index contributed by atoms with van der Waals surface area (Å²) in [4.78, 5) is 12.0. The molecule has 4 heteroatoms. The molecule has 0 aromatic carbocycles. The minimum absolute atomic E-state index is 0.0222. The van der Waals surface area contributed by atoms with Crippen LogP contribution >= 0.6 is 0 Å². The topological polar surface area (TPSA) is 44.8 Å². The molecule has 0 amide bonds. The highest BCUT2D eigenvalue weighted by molar-refractivity contribution is 5.89. The van der Waals surface area contributed by atoms with E-state index in [4.69, 9.17) is 14.2 Å². The first-order chi connectivity index (χ1) is 10.3. The Kier molecular flexibility index (Phi) is 7.24. The van der Waals surface area contributed by atoms with E-state index in [1.165, 1.54) is 18.4 Å². The summed E-state index contributed by atoms with van der Waals surface area (Å²) in [5.74, 6) is -0.0834. The highest BCUT2D eigenvalue weighted by Crippen LogP contribution is 2.29. The molecule has 2 aliphatic rings. The average Bonchev–Trinajstić information content (AvgIpc) is 3.01. The van der Waals surface area contributed by atoms with Crippen LogP contribution in [0.2, 0.25) is 0 Å². The number of allylic oxidation sites excluding steroid dienone is 1. The van der Waals surface area contributed by atoms with Crippen molar-refractivity contribution in [1.29, 1.82) is 0 Å². The molecule has 1 heterocycles. The largest absolute Gasteiger partial charge is 0.463 e. The number of carbonyl (C=O) groups is 1. The highest BCUT2D eigenvalue weighted by Gasteiger charge is 2.20. The van der Waals surface area contributed by atoms with E-state index in [-0.39, 0.29) is 12.3 Å². The molecule has 0 atom stereocenters. The van der Waals surface area contributed by atoms with Crippen molar-refractivity contribution in [3.05, 3.63) is 11.1 Å². The van der Waals surface area contributed by atoms with Crippen molar-refractivity contribution in [2.45, 2.75) is 71.0 Å². The maximum Gasteiger partial charge on any atom is 0.333 e. The minimum atomic E-state index is -0.0834. The van der Waals surface area contributed by atoms with Gasteiger partial charge in [-0.3, -0.25) is 0 Å². The lowest BCUT2D eigenvalue weighted by Gasteiger charge is -2.19. The van der Waals surface area contributed by atoms with Gasteiger partial charge in [0, 0.05) is 5.57 Å². The zero-order chi connectivity index (χ0) is 14.9. The Bertz CT molecular complexity index is 356. The van der Waals surface area contributed by atoms with Crippen molar-refractivity contribution in [3.63, 3.8) is 0 Å². The van der Waals surface area contributed by atoms with Gasteiger partial charge in [0.2, 0.25) is 0 Å². The first kappa shape index (κ1) is 16.5. The number of hydrogen-bond donors (Lipinski definition) is 0. The van der Waals surface area contributed by atoms with E-state index >= 15 is 0 Å². The number of unbranched alkanes of at least 4 members (excludes halogenated alkanes) is 2. The van der Waals surface area contributed by atoms with Gasteiger partial charge in [-0.1, -0.05) is 12.0 Å². The molecule has 0 aromatic rings. The van der Waals surface area contributed by atoms with E-state index in [2.05, 4.69) is 0 Å². The van der Waals surface area contributed by atoms with Crippen LogP contribution in [0, 0.1) is 0 Å². The van der Waals surface area contributed by atoms with Crippen molar-refractivity contribution in [2.24, 2.45) is 0 Å². The van der Waals surface area contributed by atoms with E-state index in [9.17, 15) is 4.79 Å². The maximum absolute atomic E-state index is 12.0. The van der Waals surface area contributed by atoms with E-state index in [1.807, 2.05) is 6.92 Å². The Hall–Kier alpha value is -0.870. The third-order valence-corrected chi connectivity index (χ3v) is 4.21. The summed E-state index contributed by atoms with van der Waals surface area (Å²) in [6.45, 7) is 3.81.